The lowest BCUT2D eigenvalue weighted by atomic mass is 9.99. The van der Waals surface area contributed by atoms with Crippen LogP contribution in [0.2, 0.25) is 0 Å². The van der Waals surface area contributed by atoms with E-state index in [1.807, 2.05) is 0 Å². The Morgan fingerprint density at radius 3 is 1.86 bits per heavy atom. The van der Waals surface area contributed by atoms with E-state index in [1.165, 1.54) is 0 Å². The molecule has 0 bridgehead atoms. The zero-order valence-corrected chi connectivity index (χ0v) is 9.00. The average Bonchev–Trinajstić information content (AvgIpc) is 1.76. The number of rotatable bonds is 3. The monoisotopic (exact) mass is 234 g/mol. The van der Waals surface area contributed by atoms with Crippen LogP contribution >= 0.6 is 0 Å². The predicted molar refractivity (Wildman–Crippen MR) is 45.2 cm³/mol. The van der Waals surface area contributed by atoms with Gasteiger partial charge in [0.25, 0.3) is 10.1 Å². The molecule has 0 spiro atoms. The van der Waals surface area contributed by atoms with Crippen molar-refractivity contribution in [1.29, 1.82) is 0 Å². The summed E-state index contributed by atoms with van der Waals surface area (Å²) >= 11 is 0. The van der Waals surface area contributed by atoms with Crippen LogP contribution in [0.5, 0.6) is 0 Å². The van der Waals surface area contributed by atoms with Gasteiger partial charge in [-0.3, -0.25) is 4.18 Å². The van der Waals surface area contributed by atoms with Crippen molar-refractivity contribution >= 4 is 10.1 Å². The average molecular weight is 234 g/mol. The van der Waals surface area contributed by atoms with Gasteiger partial charge in [-0.1, -0.05) is 20.8 Å². The van der Waals surface area contributed by atoms with Gasteiger partial charge in [-0.2, -0.15) is 21.6 Å². The van der Waals surface area contributed by atoms with Crippen molar-refractivity contribution in [3.05, 3.63) is 0 Å². The minimum absolute atomic E-state index is 0.259. The smallest absolute Gasteiger partial charge is 0.269 e. The molecule has 0 saturated carbocycles. The summed E-state index contributed by atoms with van der Waals surface area (Å²) in [7, 11) is -4.50. The molecule has 3 nitrogen and oxygen atoms in total. The predicted octanol–water partition coefficient (Wildman–Crippen LogP) is 1.94. The van der Waals surface area contributed by atoms with Gasteiger partial charge in [0.15, 0.2) is 5.75 Å². The largest absolute Gasteiger partial charge is 0.405 e. The molecular weight excluding hydrogens is 221 g/mol. The number of alkyl halides is 3. The van der Waals surface area contributed by atoms with Crippen LogP contribution in [-0.2, 0) is 14.3 Å². The molecule has 0 aromatic carbocycles. The summed E-state index contributed by atoms with van der Waals surface area (Å²) in [6.45, 7) is 4.73. The Morgan fingerprint density at radius 2 is 1.57 bits per heavy atom. The molecule has 14 heavy (non-hydrogen) atoms. The minimum atomic E-state index is -4.75. The van der Waals surface area contributed by atoms with Crippen molar-refractivity contribution in [2.24, 2.45) is 5.41 Å². The molecule has 0 radical (unpaired) electrons. The van der Waals surface area contributed by atoms with Gasteiger partial charge in [0.05, 0.1) is 6.61 Å². The third-order valence-electron chi connectivity index (χ3n) is 1.01. The van der Waals surface area contributed by atoms with E-state index < -0.39 is 27.5 Å². The van der Waals surface area contributed by atoms with Gasteiger partial charge in [0, 0.05) is 0 Å². The second-order valence-electron chi connectivity index (χ2n) is 4.14. The zero-order valence-electron chi connectivity index (χ0n) is 8.18. The van der Waals surface area contributed by atoms with Crippen molar-refractivity contribution in [2.45, 2.75) is 26.9 Å². The van der Waals surface area contributed by atoms with Gasteiger partial charge in [0.2, 0.25) is 0 Å². The molecule has 0 saturated heterocycles. The van der Waals surface area contributed by atoms with Crippen LogP contribution in [0.25, 0.3) is 0 Å². The van der Waals surface area contributed by atoms with Gasteiger partial charge in [0.1, 0.15) is 0 Å². The molecule has 0 rings (SSSR count). The van der Waals surface area contributed by atoms with Crippen molar-refractivity contribution in [3.63, 3.8) is 0 Å². The lowest BCUT2D eigenvalue weighted by molar-refractivity contribution is -0.107. The molecule has 0 heterocycles. The number of hydrogen-bond acceptors (Lipinski definition) is 3. The Bertz CT molecular complexity index is 274. The van der Waals surface area contributed by atoms with Crippen molar-refractivity contribution < 1.29 is 25.8 Å². The number of hydrogen-bond donors (Lipinski definition) is 0. The maximum absolute atomic E-state index is 11.7. The van der Waals surface area contributed by atoms with E-state index in [-0.39, 0.29) is 6.61 Å². The first-order chi connectivity index (χ1) is 5.91. The molecule has 0 atom stereocenters. The standard InChI is InChI=1S/C7H13F3O3S/c1-6(2,3)4-13-14(11,12)5-7(8,9)10/h4-5H2,1-3H3. The highest BCUT2D eigenvalue weighted by Crippen LogP contribution is 2.20. The summed E-state index contributed by atoms with van der Waals surface area (Å²) in [5.74, 6) is -1.93. The highest BCUT2D eigenvalue weighted by molar-refractivity contribution is 7.86. The molecular formula is C7H13F3O3S. The Labute approximate surface area is 81.4 Å². The van der Waals surface area contributed by atoms with Crippen LogP contribution in [-0.4, -0.2) is 27.0 Å². The summed E-state index contributed by atoms with van der Waals surface area (Å²) < 4.78 is 60.9. The van der Waals surface area contributed by atoms with Crippen LogP contribution in [0.15, 0.2) is 0 Å². The fraction of sp³-hybridized carbons (Fsp3) is 1.00. The Kier molecular flexibility index (Phi) is 3.97. The van der Waals surface area contributed by atoms with Gasteiger partial charge >= 0.3 is 6.18 Å². The fourth-order valence-electron chi connectivity index (χ4n) is 0.509. The quantitative estimate of drug-likeness (QED) is 0.701. The van der Waals surface area contributed by atoms with Gasteiger partial charge in [-0.15, -0.1) is 0 Å². The first kappa shape index (κ1) is 13.7. The summed E-state index contributed by atoms with van der Waals surface area (Å²) in [6.07, 6.45) is -4.75. The van der Waals surface area contributed by atoms with Gasteiger partial charge in [-0.05, 0) is 5.41 Å². The Balaban J connectivity index is 4.25. The van der Waals surface area contributed by atoms with E-state index in [1.54, 1.807) is 20.8 Å². The van der Waals surface area contributed by atoms with Crippen molar-refractivity contribution in [3.8, 4) is 0 Å². The molecule has 7 heteroatoms. The summed E-state index contributed by atoms with van der Waals surface area (Å²) in [5.41, 5.74) is -0.487. The highest BCUT2D eigenvalue weighted by atomic mass is 32.2. The summed E-state index contributed by atoms with van der Waals surface area (Å²) in [5, 5.41) is 0. The second-order valence-corrected chi connectivity index (χ2v) is 5.78. The molecule has 0 aromatic rings. The van der Waals surface area contributed by atoms with E-state index >= 15 is 0 Å². The van der Waals surface area contributed by atoms with Crippen LogP contribution in [0, 0.1) is 5.41 Å². The van der Waals surface area contributed by atoms with Crippen LogP contribution < -0.4 is 0 Å². The zero-order chi connectivity index (χ0) is 11.6. The Hall–Kier alpha value is -0.300. The van der Waals surface area contributed by atoms with Crippen LogP contribution in [0.3, 0.4) is 0 Å². The Morgan fingerprint density at radius 1 is 1.14 bits per heavy atom. The van der Waals surface area contributed by atoms with Gasteiger partial charge < -0.3 is 0 Å². The molecule has 0 aliphatic rings. The molecule has 0 aromatic heterocycles. The molecule has 0 N–H and O–H groups in total. The van der Waals surface area contributed by atoms with Crippen molar-refractivity contribution in [1.82, 2.24) is 0 Å². The summed E-state index contributed by atoms with van der Waals surface area (Å²) in [6, 6.07) is 0. The van der Waals surface area contributed by atoms with E-state index in [9.17, 15) is 21.6 Å². The lowest BCUT2D eigenvalue weighted by Gasteiger charge is -2.17. The maximum atomic E-state index is 11.7. The third-order valence-corrected chi connectivity index (χ3v) is 2.17. The van der Waals surface area contributed by atoms with Crippen molar-refractivity contribution in [2.75, 3.05) is 12.4 Å². The molecule has 0 amide bonds. The SMILES string of the molecule is CC(C)(C)COS(=O)(=O)CC(F)(F)F. The second kappa shape index (κ2) is 4.06. The fourth-order valence-corrected chi connectivity index (χ4v) is 1.53. The third kappa shape index (κ3) is 8.31. The first-order valence-electron chi connectivity index (χ1n) is 3.85. The molecule has 0 aliphatic heterocycles. The molecule has 0 aliphatic carbocycles. The molecule has 0 unspecified atom stereocenters. The highest BCUT2D eigenvalue weighted by Gasteiger charge is 2.36. The molecule has 86 valence electrons. The lowest BCUT2D eigenvalue weighted by Crippen LogP contribution is -2.27. The maximum Gasteiger partial charge on any atom is 0.405 e. The van der Waals surface area contributed by atoms with E-state index in [2.05, 4.69) is 4.18 Å². The summed E-state index contributed by atoms with van der Waals surface area (Å²) in [4.78, 5) is 0. The normalized spacial score (nSPS) is 14.4. The first-order valence-corrected chi connectivity index (χ1v) is 5.43. The number of halogens is 3. The molecule has 0 fully saturated rings. The van der Waals surface area contributed by atoms with Crippen LogP contribution in [0.1, 0.15) is 20.8 Å². The van der Waals surface area contributed by atoms with Gasteiger partial charge in [-0.25, -0.2) is 0 Å². The van der Waals surface area contributed by atoms with E-state index in [4.69, 9.17) is 0 Å². The topological polar surface area (TPSA) is 43.4 Å². The van der Waals surface area contributed by atoms with Crippen LogP contribution in [0.4, 0.5) is 13.2 Å². The van der Waals surface area contributed by atoms with E-state index in [0.29, 0.717) is 0 Å². The van der Waals surface area contributed by atoms with E-state index in [0.717, 1.165) is 0 Å². The minimum Gasteiger partial charge on any atom is -0.269 e.